The van der Waals surface area contributed by atoms with Crippen LogP contribution in [0.2, 0.25) is 0 Å². The maximum atomic E-state index is 5.21. The summed E-state index contributed by atoms with van der Waals surface area (Å²) in [5, 5.41) is 0. The molecule has 0 aromatic carbocycles. The highest BCUT2D eigenvalue weighted by atomic mass is 35.5. The molecule has 0 saturated carbocycles. The lowest BCUT2D eigenvalue weighted by molar-refractivity contribution is 0.113. The number of hydrogen-bond donors (Lipinski definition) is 2. The van der Waals surface area contributed by atoms with Crippen LogP contribution < -0.4 is 11.3 Å². The summed E-state index contributed by atoms with van der Waals surface area (Å²) >= 11 is 0. The first kappa shape index (κ1) is 9.17. The van der Waals surface area contributed by atoms with Gasteiger partial charge >= 0.3 is 0 Å². The van der Waals surface area contributed by atoms with Crippen LogP contribution >= 0.6 is 12.4 Å². The van der Waals surface area contributed by atoms with Crippen LogP contribution in [0.25, 0.3) is 0 Å². The van der Waals surface area contributed by atoms with Crippen molar-refractivity contribution in [2.75, 3.05) is 6.61 Å². The summed E-state index contributed by atoms with van der Waals surface area (Å²) in [6, 6.07) is 0.370. The molecule has 1 saturated heterocycles. The van der Waals surface area contributed by atoms with E-state index in [0.29, 0.717) is 12.1 Å². The van der Waals surface area contributed by atoms with Crippen molar-refractivity contribution >= 4 is 12.4 Å². The lowest BCUT2D eigenvalue weighted by atomic mass is 10.2. The molecule has 0 aromatic heterocycles. The zero-order valence-electron chi connectivity index (χ0n) is 5.46. The second-order valence-electron chi connectivity index (χ2n) is 2.14. The largest absolute Gasteiger partial charge is 0.377 e. The third-order valence-electron chi connectivity index (χ3n) is 1.59. The molecule has 0 bridgehead atoms. The van der Waals surface area contributed by atoms with E-state index in [2.05, 4.69) is 5.43 Å². The molecular formula is C5H13ClN2O. The monoisotopic (exact) mass is 152 g/mol. The molecular weight excluding hydrogens is 140 g/mol. The molecule has 3 nitrogen and oxygen atoms in total. The van der Waals surface area contributed by atoms with Crippen molar-refractivity contribution < 1.29 is 4.74 Å². The lowest BCUT2D eigenvalue weighted by Gasteiger charge is -2.10. The molecule has 0 aliphatic carbocycles. The van der Waals surface area contributed by atoms with Gasteiger partial charge in [-0.2, -0.15) is 0 Å². The normalized spacial score (nSPS) is 34.0. The van der Waals surface area contributed by atoms with E-state index < -0.39 is 0 Å². The van der Waals surface area contributed by atoms with Crippen LogP contribution in [0.3, 0.4) is 0 Å². The molecule has 56 valence electrons. The van der Waals surface area contributed by atoms with Crippen LogP contribution in [0.4, 0.5) is 0 Å². The minimum atomic E-state index is 0. The Morgan fingerprint density at radius 1 is 1.67 bits per heavy atom. The Bertz CT molecular complexity index is 81.4. The predicted octanol–water partition coefficient (Wildman–Crippen LogP) is 0.0489. The van der Waals surface area contributed by atoms with E-state index in [4.69, 9.17) is 10.6 Å². The number of nitrogens with two attached hydrogens (primary N) is 1. The van der Waals surface area contributed by atoms with Gasteiger partial charge in [0.2, 0.25) is 0 Å². The number of hydrazine groups is 1. The first-order valence-electron chi connectivity index (χ1n) is 2.92. The molecule has 4 heteroatoms. The maximum absolute atomic E-state index is 5.21. The molecule has 2 atom stereocenters. The van der Waals surface area contributed by atoms with Gasteiger partial charge in [-0.15, -0.1) is 12.4 Å². The third kappa shape index (κ3) is 2.10. The summed E-state index contributed by atoms with van der Waals surface area (Å²) in [4.78, 5) is 0. The Balaban J connectivity index is 0.000000640. The highest BCUT2D eigenvalue weighted by Crippen LogP contribution is 2.10. The van der Waals surface area contributed by atoms with Crippen molar-refractivity contribution in [3.05, 3.63) is 0 Å². The van der Waals surface area contributed by atoms with E-state index in [0.717, 1.165) is 13.0 Å². The summed E-state index contributed by atoms with van der Waals surface area (Å²) in [6.45, 7) is 2.87. The average Bonchev–Trinajstić information content (AvgIpc) is 2.14. The Morgan fingerprint density at radius 3 is 2.56 bits per heavy atom. The van der Waals surface area contributed by atoms with Gasteiger partial charge in [0.25, 0.3) is 0 Å². The standard InChI is InChI=1S/C5H12N2O.ClH/c1-4-5(7-6)2-3-8-4;/h4-5,7H,2-3,6H2,1H3;1H/t4-,5-;/m1./s1. The Hall–Kier alpha value is 0.170. The van der Waals surface area contributed by atoms with Gasteiger partial charge in [0.15, 0.2) is 0 Å². The van der Waals surface area contributed by atoms with Crippen LogP contribution in [-0.4, -0.2) is 18.8 Å². The Morgan fingerprint density at radius 2 is 2.33 bits per heavy atom. The molecule has 1 aliphatic heterocycles. The fourth-order valence-electron chi connectivity index (χ4n) is 0.951. The first-order valence-corrected chi connectivity index (χ1v) is 2.92. The van der Waals surface area contributed by atoms with Gasteiger partial charge < -0.3 is 4.74 Å². The van der Waals surface area contributed by atoms with E-state index >= 15 is 0 Å². The predicted molar refractivity (Wildman–Crippen MR) is 38.4 cm³/mol. The molecule has 0 aromatic rings. The van der Waals surface area contributed by atoms with Gasteiger partial charge in [-0.25, -0.2) is 0 Å². The minimum Gasteiger partial charge on any atom is -0.377 e. The third-order valence-corrected chi connectivity index (χ3v) is 1.59. The fraction of sp³-hybridized carbons (Fsp3) is 1.00. The second-order valence-corrected chi connectivity index (χ2v) is 2.14. The van der Waals surface area contributed by atoms with E-state index in [1.165, 1.54) is 0 Å². The topological polar surface area (TPSA) is 47.3 Å². The van der Waals surface area contributed by atoms with Gasteiger partial charge in [0.1, 0.15) is 0 Å². The molecule has 1 fully saturated rings. The van der Waals surface area contributed by atoms with Crippen molar-refractivity contribution in [1.82, 2.24) is 5.43 Å². The fourth-order valence-corrected chi connectivity index (χ4v) is 0.951. The van der Waals surface area contributed by atoms with Crippen molar-refractivity contribution in [1.29, 1.82) is 0 Å². The number of nitrogens with one attached hydrogen (secondary N) is 1. The van der Waals surface area contributed by atoms with Gasteiger partial charge in [-0.1, -0.05) is 0 Å². The van der Waals surface area contributed by atoms with E-state index in [9.17, 15) is 0 Å². The molecule has 0 unspecified atom stereocenters. The second kappa shape index (κ2) is 4.06. The molecule has 1 rings (SSSR count). The number of hydrogen-bond acceptors (Lipinski definition) is 3. The zero-order valence-corrected chi connectivity index (χ0v) is 6.28. The summed E-state index contributed by atoms with van der Waals surface area (Å²) < 4.78 is 5.21. The van der Waals surface area contributed by atoms with Gasteiger partial charge in [0, 0.05) is 12.6 Å². The Labute approximate surface area is 61.3 Å². The molecule has 1 heterocycles. The SMILES string of the molecule is C[C@H]1OCC[C@H]1NN.Cl. The van der Waals surface area contributed by atoms with Crippen LogP contribution in [0.15, 0.2) is 0 Å². The maximum Gasteiger partial charge on any atom is 0.0714 e. The van der Waals surface area contributed by atoms with Crippen molar-refractivity contribution in [2.45, 2.75) is 25.5 Å². The van der Waals surface area contributed by atoms with Crippen molar-refractivity contribution in [3.63, 3.8) is 0 Å². The van der Waals surface area contributed by atoms with E-state index in [1.54, 1.807) is 0 Å². The molecule has 9 heavy (non-hydrogen) atoms. The van der Waals surface area contributed by atoms with Crippen LogP contribution in [0, 0.1) is 0 Å². The lowest BCUT2D eigenvalue weighted by Crippen LogP contribution is -2.39. The van der Waals surface area contributed by atoms with Crippen LogP contribution in [0.5, 0.6) is 0 Å². The Kier molecular flexibility index (Phi) is 4.14. The molecule has 1 aliphatic rings. The summed E-state index contributed by atoms with van der Waals surface area (Å²) in [5.74, 6) is 5.19. The van der Waals surface area contributed by atoms with Crippen LogP contribution in [0.1, 0.15) is 13.3 Å². The quantitative estimate of drug-likeness (QED) is 0.412. The molecule has 0 radical (unpaired) electrons. The van der Waals surface area contributed by atoms with Gasteiger partial charge in [-0.05, 0) is 13.3 Å². The smallest absolute Gasteiger partial charge is 0.0714 e. The van der Waals surface area contributed by atoms with Gasteiger partial charge in [0.05, 0.1) is 6.10 Å². The minimum absolute atomic E-state index is 0. The number of rotatable bonds is 1. The molecule has 3 N–H and O–H groups in total. The zero-order chi connectivity index (χ0) is 5.98. The highest BCUT2D eigenvalue weighted by molar-refractivity contribution is 5.85. The van der Waals surface area contributed by atoms with Crippen molar-refractivity contribution in [3.8, 4) is 0 Å². The summed E-state index contributed by atoms with van der Waals surface area (Å²) in [7, 11) is 0. The van der Waals surface area contributed by atoms with Crippen molar-refractivity contribution in [2.24, 2.45) is 5.84 Å². The highest BCUT2D eigenvalue weighted by Gasteiger charge is 2.21. The number of ether oxygens (including phenoxy) is 1. The molecule has 0 spiro atoms. The summed E-state index contributed by atoms with van der Waals surface area (Å²) in [5.41, 5.74) is 2.69. The number of halogens is 1. The van der Waals surface area contributed by atoms with E-state index in [-0.39, 0.29) is 12.4 Å². The first-order chi connectivity index (χ1) is 3.84. The van der Waals surface area contributed by atoms with E-state index in [1.807, 2.05) is 6.92 Å². The van der Waals surface area contributed by atoms with Gasteiger partial charge in [-0.3, -0.25) is 11.3 Å². The van der Waals surface area contributed by atoms with Crippen LogP contribution in [-0.2, 0) is 4.74 Å². The average molecular weight is 153 g/mol. The molecule has 0 amide bonds. The summed E-state index contributed by atoms with van der Waals surface area (Å²) in [6.07, 6.45) is 1.33.